The maximum absolute atomic E-state index is 10.9. The summed E-state index contributed by atoms with van der Waals surface area (Å²) in [5.74, 6) is 0.308. The number of nitro benzene ring substituents is 1. The smallest absolute Gasteiger partial charge is 0.294 e. The Balaban J connectivity index is 2.47. The van der Waals surface area contributed by atoms with Crippen LogP contribution in [0.5, 0.6) is 11.5 Å². The number of rotatable bonds is 5. The third-order valence-electron chi connectivity index (χ3n) is 2.60. The fraction of sp³-hybridized carbons (Fsp3) is 0. The van der Waals surface area contributed by atoms with Crippen molar-refractivity contribution >= 4 is 52.6 Å². The molecule has 1 amide bonds. The molecule has 0 unspecified atom stereocenters. The molecule has 0 bridgehead atoms. The molecule has 9 heteroatoms. The molecule has 0 aromatic heterocycles. The molecular formula is C13H7Cl3N2O4. The highest BCUT2D eigenvalue weighted by atomic mass is 35.5. The number of hydrogen-bond acceptors (Lipinski definition) is 4. The summed E-state index contributed by atoms with van der Waals surface area (Å²) in [5.41, 5.74) is -0.417. The molecule has 114 valence electrons. The predicted molar refractivity (Wildman–Crippen MR) is 84.3 cm³/mol. The van der Waals surface area contributed by atoms with Gasteiger partial charge in [0.05, 0.1) is 15.0 Å². The zero-order valence-corrected chi connectivity index (χ0v) is 12.9. The lowest BCUT2D eigenvalue weighted by atomic mass is 10.2. The van der Waals surface area contributed by atoms with Gasteiger partial charge in [-0.05, 0) is 12.1 Å². The van der Waals surface area contributed by atoms with Crippen LogP contribution >= 0.6 is 34.8 Å². The van der Waals surface area contributed by atoms with E-state index in [1.165, 1.54) is 6.07 Å². The van der Waals surface area contributed by atoms with Crippen molar-refractivity contribution in [2.24, 2.45) is 0 Å². The van der Waals surface area contributed by atoms with Crippen LogP contribution in [0.3, 0.4) is 0 Å². The molecule has 0 spiro atoms. The third kappa shape index (κ3) is 3.41. The maximum atomic E-state index is 10.9. The highest BCUT2D eigenvalue weighted by molar-refractivity contribution is 6.43. The van der Waals surface area contributed by atoms with Gasteiger partial charge in [0.2, 0.25) is 6.41 Å². The number of carbonyl (C=O) groups excluding carboxylic acids is 1. The van der Waals surface area contributed by atoms with Gasteiger partial charge in [-0.3, -0.25) is 14.9 Å². The Morgan fingerprint density at radius 3 is 2.50 bits per heavy atom. The minimum absolute atomic E-state index is 0.0146. The average Bonchev–Trinajstić information content (AvgIpc) is 2.47. The molecule has 0 aliphatic carbocycles. The van der Waals surface area contributed by atoms with Crippen LogP contribution in [-0.2, 0) is 4.79 Å². The first-order chi connectivity index (χ1) is 10.4. The van der Waals surface area contributed by atoms with Crippen molar-refractivity contribution in [1.82, 2.24) is 0 Å². The van der Waals surface area contributed by atoms with E-state index in [1.54, 1.807) is 18.2 Å². The van der Waals surface area contributed by atoms with Gasteiger partial charge in [0.15, 0.2) is 0 Å². The van der Waals surface area contributed by atoms with Crippen molar-refractivity contribution in [3.05, 3.63) is 55.5 Å². The number of nitro groups is 1. The molecule has 0 saturated heterocycles. The second-order valence-electron chi connectivity index (χ2n) is 3.97. The van der Waals surface area contributed by atoms with Crippen LogP contribution in [-0.4, -0.2) is 11.3 Å². The van der Waals surface area contributed by atoms with Crippen LogP contribution in [0.15, 0.2) is 30.3 Å². The Kier molecular flexibility index (Phi) is 5.07. The van der Waals surface area contributed by atoms with Gasteiger partial charge in [-0.2, -0.15) is 0 Å². The van der Waals surface area contributed by atoms with Gasteiger partial charge in [0.1, 0.15) is 22.2 Å². The molecule has 2 rings (SSSR count). The van der Waals surface area contributed by atoms with E-state index in [0.29, 0.717) is 6.41 Å². The second-order valence-corrected chi connectivity index (χ2v) is 5.17. The van der Waals surface area contributed by atoms with E-state index in [-0.39, 0.29) is 37.9 Å². The lowest BCUT2D eigenvalue weighted by molar-refractivity contribution is -0.383. The van der Waals surface area contributed by atoms with Gasteiger partial charge in [-0.15, -0.1) is 0 Å². The van der Waals surface area contributed by atoms with Gasteiger partial charge < -0.3 is 10.1 Å². The number of halogens is 3. The highest BCUT2D eigenvalue weighted by Gasteiger charge is 2.19. The topological polar surface area (TPSA) is 81.5 Å². The summed E-state index contributed by atoms with van der Waals surface area (Å²) in [5, 5.41) is 13.6. The normalized spacial score (nSPS) is 10.1. The summed E-state index contributed by atoms with van der Waals surface area (Å²) in [4.78, 5) is 20.8. The molecule has 0 radical (unpaired) electrons. The molecule has 1 N–H and O–H groups in total. The van der Waals surface area contributed by atoms with E-state index < -0.39 is 4.92 Å². The number of ether oxygens (including phenoxy) is 1. The number of nitrogens with one attached hydrogen (secondary N) is 1. The van der Waals surface area contributed by atoms with E-state index in [2.05, 4.69) is 5.32 Å². The van der Waals surface area contributed by atoms with Gasteiger partial charge >= 0.3 is 0 Å². The second kappa shape index (κ2) is 6.83. The van der Waals surface area contributed by atoms with E-state index in [4.69, 9.17) is 39.5 Å². The molecule has 0 atom stereocenters. The summed E-state index contributed by atoms with van der Waals surface area (Å²) in [6.45, 7) is 0. The third-order valence-corrected chi connectivity index (χ3v) is 3.69. The first kappa shape index (κ1) is 16.4. The lowest BCUT2D eigenvalue weighted by Gasteiger charge is -2.11. The van der Waals surface area contributed by atoms with Crippen LogP contribution in [0.4, 0.5) is 11.4 Å². The quantitative estimate of drug-likeness (QED) is 0.466. The number of carbonyl (C=O) groups is 1. The van der Waals surface area contributed by atoms with Gasteiger partial charge in [0, 0.05) is 12.1 Å². The monoisotopic (exact) mass is 360 g/mol. The van der Waals surface area contributed by atoms with Crippen molar-refractivity contribution in [3.63, 3.8) is 0 Å². The Hall–Kier alpha value is -2.02. The molecule has 0 fully saturated rings. The van der Waals surface area contributed by atoms with E-state index in [1.807, 2.05) is 0 Å². The molecule has 2 aromatic rings. The molecule has 6 nitrogen and oxygen atoms in total. The fourth-order valence-corrected chi connectivity index (χ4v) is 2.16. The molecular weight excluding hydrogens is 355 g/mol. The van der Waals surface area contributed by atoms with Crippen LogP contribution in [0.1, 0.15) is 0 Å². The minimum atomic E-state index is -0.673. The zero-order chi connectivity index (χ0) is 16.3. The number of amides is 1. The molecule has 0 saturated carbocycles. The minimum Gasteiger partial charge on any atom is -0.454 e. The Labute approximate surface area is 139 Å². The predicted octanol–water partition coefficient (Wildman–Crippen LogP) is 4.92. The molecule has 2 aromatic carbocycles. The zero-order valence-electron chi connectivity index (χ0n) is 10.7. The van der Waals surface area contributed by atoms with Crippen LogP contribution in [0, 0.1) is 10.1 Å². The van der Waals surface area contributed by atoms with Crippen LogP contribution < -0.4 is 10.1 Å². The molecule has 22 heavy (non-hydrogen) atoms. The van der Waals surface area contributed by atoms with E-state index >= 15 is 0 Å². The molecule has 0 aliphatic heterocycles. The van der Waals surface area contributed by atoms with Gasteiger partial charge in [0.25, 0.3) is 5.69 Å². The summed E-state index contributed by atoms with van der Waals surface area (Å²) >= 11 is 17.8. The van der Waals surface area contributed by atoms with Crippen molar-refractivity contribution in [3.8, 4) is 11.5 Å². The standard InChI is InChI=1S/C13H7Cl3N2O4/c14-7-2-1-3-11(13(7)16)22-12-5-9(17-6-19)10(18(20)21)4-8(12)15/h1-6H,(H,17,19). The Morgan fingerprint density at radius 1 is 1.14 bits per heavy atom. The largest absolute Gasteiger partial charge is 0.454 e. The fourth-order valence-electron chi connectivity index (χ4n) is 1.63. The van der Waals surface area contributed by atoms with Crippen molar-refractivity contribution in [1.29, 1.82) is 0 Å². The number of nitrogens with zero attached hydrogens (tertiary/aromatic N) is 1. The highest BCUT2D eigenvalue weighted by Crippen LogP contribution is 2.40. The summed E-state index contributed by atoms with van der Waals surface area (Å²) < 4.78 is 5.52. The number of hydrogen-bond donors (Lipinski definition) is 1. The Bertz CT molecular complexity index is 752. The number of benzene rings is 2. The molecule has 0 aliphatic rings. The van der Waals surface area contributed by atoms with Gasteiger partial charge in [-0.25, -0.2) is 0 Å². The van der Waals surface area contributed by atoms with Crippen molar-refractivity contribution in [2.45, 2.75) is 0 Å². The lowest BCUT2D eigenvalue weighted by Crippen LogP contribution is -2.00. The first-order valence-corrected chi connectivity index (χ1v) is 6.87. The van der Waals surface area contributed by atoms with Gasteiger partial charge in [-0.1, -0.05) is 40.9 Å². The maximum Gasteiger partial charge on any atom is 0.294 e. The summed E-state index contributed by atoms with van der Waals surface area (Å²) in [6, 6.07) is 7.05. The first-order valence-electron chi connectivity index (χ1n) is 5.74. The van der Waals surface area contributed by atoms with E-state index in [0.717, 1.165) is 6.07 Å². The summed E-state index contributed by atoms with van der Waals surface area (Å²) in [6.07, 6.45) is 0.312. The van der Waals surface area contributed by atoms with Crippen LogP contribution in [0.25, 0.3) is 0 Å². The summed E-state index contributed by atoms with van der Waals surface area (Å²) in [7, 11) is 0. The Morgan fingerprint density at radius 2 is 1.86 bits per heavy atom. The van der Waals surface area contributed by atoms with Crippen LogP contribution in [0.2, 0.25) is 15.1 Å². The number of anilines is 1. The van der Waals surface area contributed by atoms with Crippen molar-refractivity contribution in [2.75, 3.05) is 5.32 Å². The van der Waals surface area contributed by atoms with Crippen molar-refractivity contribution < 1.29 is 14.5 Å². The van der Waals surface area contributed by atoms with E-state index in [9.17, 15) is 14.9 Å². The molecule has 0 heterocycles. The SMILES string of the molecule is O=CNc1cc(Oc2cccc(Cl)c2Cl)c(Cl)cc1[N+](=O)[O-]. The average molecular weight is 362 g/mol.